The second kappa shape index (κ2) is 10.7. The van der Waals surface area contributed by atoms with Crippen LogP contribution in [0.1, 0.15) is 45.2 Å². The molecule has 0 bridgehead atoms. The second-order valence-electron chi connectivity index (χ2n) is 9.12. The Morgan fingerprint density at radius 1 is 1.06 bits per heavy atom. The number of hydrogen-bond acceptors (Lipinski definition) is 4. The summed E-state index contributed by atoms with van der Waals surface area (Å²) in [7, 11) is 0. The van der Waals surface area contributed by atoms with Crippen molar-refractivity contribution in [3.05, 3.63) is 57.6 Å². The molecule has 33 heavy (non-hydrogen) atoms. The molecule has 1 aliphatic heterocycles. The van der Waals surface area contributed by atoms with Gasteiger partial charge in [-0.2, -0.15) is 0 Å². The van der Waals surface area contributed by atoms with Crippen LogP contribution in [-0.2, 0) is 22.6 Å². The number of hydrogen-bond donors (Lipinski definition) is 1. The lowest BCUT2D eigenvalue weighted by Crippen LogP contribution is -2.52. The minimum atomic E-state index is -0.704. The van der Waals surface area contributed by atoms with E-state index in [1.54, 1.807) is 25.1 Å². The number of nitrogens with zero attached hydrogens (tertiary/aromatic N) is 1. The van der Waals surface area contributed by atoms with Crippen molar-refractivity contribution in [3.8, 4) is 11.5 Å². The van der Waals surface area contributed by atoms with Gasteiger partial charge in [-0.25, -0.2) is 0 Å². The number of rotatable bonds is 7. The molecule has 1 heterocycles. The first-order chi connectivity index (χ1) is 15.5. The van der Waals surface area contributed by atoms with Gasteiger partial charge in [0.25, 0.3) is 0 Å². The molecule has 0 saturated heterocycles. The molecule has 1 N–H and O–H groups in total. The topological polar surface area (TPSA) is 67.9 Å². The predicted molar refractivity (Wildman–Crippen MR) is 130 cm³/mol. The predicted octanol–water partition coefficient (Wildman–Crippen LogP) is 5.03. The van der Waals surface area contributed by atoms with E-state index >= 15 is 0 Å². The highest BCUT2D eigenvalue weighted by Crippen LogP contribution is 2.31. The van der Waals surface area contributed by atoms with Crippen LogP contribution in [0.2, 0.25) is 10.0 Å². The summed E-state index contributed by atoms with van der Waals surface area (Å²) in [6.45, 7) is 8.58. The Hall–Kier alpha value is -2.44. The van der Waals surface area contributed by atoms with Crippen LogP contribution in [0.15, 0.2) is 36.4 Å². The number of fused-ring (bicyclic) bond motifs is 1. The first-order valence-electron chi connectivity index (χ1n) is 11.0. The van der Waals surface area contributed by atoms with Crippen LogP contribution in [0.4, 0.5) is 0 Å². The molecule has 2 aromatic rings. The van der Waals surface area contributed by atoms with E-state index < -0.39 is 11.6 Å². The molecule has 178 valence electrons. The number of carbonyl (C=O) groups excluding carboxylic acids is 2. The van der Waals surface area contributed by atoms with Crippen molar-refractivity contribution in [1.29, 1.82) is 0 Å². The van der Waals surface area contributed by atoms with Crippen molar-refractivity contribution in [2.75, 3.05) is 13.2 Å². The van der Waals surface area contributed by atoms with E-state index in [2.05, 4.69) is 5.32 Å². The first-order valence-corrected chi connectivity index (χ1v) is 11.7. The minimum absolute atomic E-state index is 0.136. The molecule has 0 saturated carbocycles. The van der Waals surface area contributed by atoms with Crippen molar-refractivity contribution in [1.82, 2.24) is 10.2 Å². The summed E-state index contributed by atoms with van der Waals surface area (Å²) in [6.07, 6.45) is 0.713. The number of halogens is 2. The summed E-state index contributed by atoms with van der Waals surface area (Å²) in [6, 6.07) is 10.2. The van der Waals surface area contributed by atoms with Gasteiger partial charge >= 0.3 is 0 Å². The Kier molecular flexibility index (Phi) is 8.14. The van der Waals surface area contributed by atoms with Crippen LogP contribution in [-0.4, -0.2) is 41.5 Å². The largest absolute Gasteiger partial charge is 0.486 e. The average Bonchev–Trinajstić information content (AvgIpc) is 2.75. The summed E-state index contributed by atoms with van der Waals surface area (Å²) in [5.41, 5.74) is 1.15. The van der Waals surface area contributed by atoms with Crippen molar-refractivity contribution in [2.24, 2.45) is 0 Å². The summed E-state index contributed by atoms with van der Waals surface area (Å²) in [5, 5.41) is 3.86. The van der Waals surface area contributed by atoms with Crippen LogP contribution in [0.3, 0.4) is 0 Å². The summed E-state index contributed by atoms with van der Waals surface area (Å²) in [4.78, 5) is 27.8. The van der Waals surface area contributed by atoms with Crippen molar-refractivity contribution in [3.63, 3.8) is 0 Å². The van der Waals surface area contributed by atoms with E-state index in [0.29, 0.717) is 46.7 Å². The van der Waals surface area contributed by atoms with Gasteiger partial charge in [-0.15, -0.1) is 0 Å². The highest BCUT2D eigenvalue weighted by atomic mass is 35.5. The minimum Gasteiger partial charge on any atom is -0.486 e. The lowest BCUT2D eigenvalue weighted by Gasteiger charge is -2.32. The standard InChI is InChI=1S/C25H30Cl2N2O4/c1-16(24(31)28-25(2,3)4)29(15-18-19(26)6-5-7-20(18)27)23(30)11-9-17-8-10-21-22(14-17)33-13-12-32-21/h5-8,10,14,16H,9,11-13,15H2,1-4H3,(H,28,31)/t16-/m1/s1. The van der Waals surface area contributed by atoms with E-state index in [4.69, 9.17) is 32.7 Å². The molecule has 2 aromatic carbocycles. The van der Waals surface area contributed by atoms with Crippen LogP contribution in [0.5, 0.6) is 11.5 Å². The molecule has 0 spiro atoms. The van der Waals surface area contributed by atoms with Crippen LogP contribution in [0.25, 0.3) is 0 Å². The number of amides is 2. The zero-order valence-electron chi connectivity index (χ0n) is 19.4. The number of carbonyl (C=O) groups is 2. The third-order valence-corrected chi connectivity index (χ3v) is 6.00. The fourth-order valence-electron chi connectivity index (χ4n) is 3.55. The van der Waals surface area contributed by atoms with Gasteiger partial charge in [0.05, 0.1) is 0 Å². The molecule has 8 heteroatoms. The number of ether oxygens (including phenoxy) is 2. The van der Waals surface area contributed by atoms with Gasteiger partial charge in [0.2, 0.25) is 11.8 Å². The SMILES string of the molecule is C[C@H](C(=O)NC(C)(C)C)N(Cc1c(Cl)cccc1Cl)C(=O)CCc1ccc2c(c1)OCCO2. The summed E-state index contributed by atoms with van der Waals surface area (Å²) >= 11 is 12.7. The molecular weight excluding hydrogens is 463 g/mol. The zero-order chi connectivity index (χ0) is 24.2. The Balaban J connectivity index is 1.78. The molecule has 6 nitrogen and oxygen atoms in total. The maximum atomic E-state index is 13.3. The van der Waals surface area contributed by atoms with Gasteiger partial charge in [0, 0.05) is 34.1 Å². The number of aryl methyl sites for hydroxylation is 1. The van der Waals surface area contributed by atoms with Crippen LogP contribution >= 0.6 is 23.2 Å². The van der Waals surface area contributed by atoms with E-state index in [9.17, 15) is 9.59 Å². The Morgan fingerprint density at radius 2 is 1.70 bits per heavy atom. The molecule has 0 aliphatic carbocycles. The second-order valence-corrected chi connectivity index (χ2v) is 9.93. The summed E-state index contributed by atoms with van der Waals surface area (Å²) < 4.78 is 11.2. The van der Waals surface area contributed by atoms with Gasteiger partial charge in [-0.05, 0) is 63.9 Å². The fourth-order valence-corrected chi connectivity index (χ4v) is 4.07. The van der Waals surface area contributed by atoms with Gasteiger partial charge in [-0.1, -0.05) is 35.3 Å². The Bertz CT molecular complexity index is 1000. The average molecular weight is 493 g/mol. The molecule has 2 amide bonds. The summed E-state index contributed by atoms with van der Waals surface area (Å²) in [5.74, 6) is 0.985. The van der Waals surface area contributed by atoms with Crippen molar-refractivity contribution < 1.29 is 19.1 Å². The number of nitrogens with one attached hydrogen (secondary N) is 1. The Labute approximate surface area is 205 Å². The third kappa shape index (κ3) is 6.78. The van der Waals surface area contributed by atoms with Crippen LogP contribution in [0, 0.1) is 0 Å². The zero-order valence-corrected chi connectivity index (χ0v) is 20.9. The molecule has 1 atom stereocenters. The molecule has 3 rings (SSSR count). The molecule has 0 aromatic heterocycles. The van der Waals surface area contributed by atoms with Gasteiger partial charge in [0.15, 0.2) is 11.5 Å². The van der Waals surface area contributed by atoms with E-state index in [1.807, 2.05) is 39.0 Å². The monoisotopic (exact) mass is 492 g/mol. The molecule has 0 fully saturated rings. The van der Waals surface area contributed by atoms with E-state index in [-0.39, 0.29) is 24.8 Å². The van der Waals surface area contributed by atoms with Crippen molar-refractivity contribution >= 4 is 35.0 Å². The lowest BCUT2D eigenvalue weighted by molar-refractivity contribution is -0.141. The van der Waals surface area contributed by atoms with Gasteiger partial charge in [-0.3, -0.25) is 9.59 Å². The smallest absolute Gasteiger partial charge is 0.242 e. The van der Waals surface area contributed by atoms with Gasteiger partial charge in [0.1, 0.15) is 19.3 Å². The quantitative estimate of drug-likeness (QED) is 0.588. The molecular formula is C25H30Cl2N2O4. The highest BCUT2D eigenvalue weighted by Gasteiger charge is 2.29. The maximum Gasteiger partial charge on any atom is 0.242 e. The molecule has 1 aliphatic rings. The maximum absolute atomic E-state index is 13.3. The lowest BCUT2D eigenvalue weighted by atomic mass is 10.1. The van der Waals surface area contributed by atoms with Crippen molar-refractivity contribution in [2.45, 2.75) is 58.7 Å². The first kappa shape index (κ1) is 25.2. The molecule has 0 unspecified atom stereocenters. The van der Waals surface area contributed by atoms with Gasteiger partial charge < -0.3 is 19.7 Å². The fraction of sp³-hybridized carbons (Fsp3) is 0.440. The Morgan fingerprint density at radius 3 is 2.33 bits per heavy atom. The highest BCUT2D eigenvalue weighted by molar-refractivity contribution is 6.36. The molecule has 0 radical (unpaired) electrons. The number of benzene rings is 2. The van der Waals surface area contributed by atoms with E-state index in [1.165, 1.54) is 4.90 Å². The van der Waals surface area contributed by atoms with Crippen LogP contribution < -0.4 is 14.8 Å². The third-order valence-electron chi connectivity index (χ3n) is 5.29. The van der Waals surface area contributed by atoms with E-state index in [0.717, 1.165) is 5.56 Å². The normalized spacial score (nSPS) is 13.9.